The van der Waals surface area contributed by atoms with Crippen molar-refractivity contribution in [2.24, 2.45) is 5.92 Å². The molecule has 1 aromatic heterocycles. The minimum atomic E-state index is -0.484. The van der Waals surface area contributed by atoms with Gasteiger partial charge in [-0.25, -0.2) is 4.98 Å². The number of hydrogen-bond donors (Lipinski definition) is 2. The summed E-state index contributed by atoms with van der Waals surface area (Å²) in [6.07, 6.45) is 5.48. The second-order valence-electron chi connectivity index (χ2n) is 5.16. The molecule has 1 fully saturated rings. The molecule has 0 amide bonds. The summed E-state index contributed by atoms with van der Waals surface area (Å²) in [7, 11) is 0. The zero-order valence-corrected chi connectivity index (χ0v) is 11.3. The third kappa shape index (κ3) is 3.76. The van der Waals surface area contributed by atoms with Crippen LogP contribution in [0, 0.1) is 5.92 Å². The number of rotatable bonds is 5. The van der Waals surface area contributed by atoms with Crippen LogP contribution >= 0.6 is 11.3 Å². The van der Waals surface area contributed by atoms with Crippen LogP contribution in [0.25, 0.3) is 0 Å². The van der Waals surface area contributed by atoms with Crippen LogP contribution in [0.5, 0.6) is 0 Å². The lowest BCUT2D eigenvalue weighted by Crippen LogP contribution is -2.43. The van der Waals surface area contributed by atoms with Crippen LogP contribution in [0.1, 0.15) is 44.7 Å². The second-order valence-corrected chi connectivity index (χ2v) is 5.88. The maximum Gasteiger partial charge on any atom is 0.0795 e. The Morgan fingerprint density at radius 1 is 1.53 bits per heavy atom. The molecular formula is C13H22N2OS. The van der Waals surface area contributed by atoms with Gasteiger partial charge < -0.3 is 10.4 Å². The van der Waals surface area contributed by atoms with Crippen LogP contribution in [-0.2, 0) is 6.54 Å². The summed E-state index contributed by atoms with van der Waals surface area (Å²) in [5.41, 5.74) is 2.43. The SMILES string of the molecule is CCC1CCC(O)(CNCc2cscn2)CC1. The van der Waals surface area contributed by atoms with Crippen molar-refractivity contribution < 1.29 is 5.11 Å². The molecule has 0 saturated heterocycles. The summed E-state index contributed by atoms with van der Waals surface area (Å²) in [6, 6.07) is 0. The molecule has 0 atom stereocenters. The predicted molar refractivity (Wildman–Crippen MR) is 71.0 cm³/mol. The van der Waals surface area contributed by atoms with Gasteiger partial charge in [-0.1, -0.05) is 13.3 Å². The minimum absolute atomic E-state index is 0.484. The van der Waals surface area contributed by atoms with E-state index >= 15 is 0 Å². The number of nitrogens with one attached hydrogen (secondary N) is 1. The van der Waals surface area contributed by atoms with Crippen molar-refractivity contribution in [3.8, 4) is 0 Å². The van der Waals surface area contributed by atoms with Crippen molar-refractivity contribution in [1.29, 1.82) is 0 Å². The molecule has 0 spiro atoms. The Morgan fingerprint density at radius 2 is 2.29 bits per heavy atom. The molecule has 4 heteroatoms. The fourth-order valence-electron chi connectivity index (χ4n) is 2.55. The number of hydrogen-bond acceptors (Lipinski definition) is 4. The average Bonchev–Trinajstić information content (AvgIpc) is 2.83. The Morgan fingerprint density at radius 3 is 2.88 bits per heavy atom. The van der Waals surface area contributed by atoms with E-state index in [4.69, 9.17) is 0 Å². The highest BCUT2D eigenvalue weighted by Crippen LogP contribution is 2.33. The Bertz CT molecular complexity index is 318. The topological polar surface area (TPSA) is 45.1 Å². The van der Waals surface area contributed by atoms with Gasteiger partial charge in [0, 0.05) is 18.5 Å². The standard InChI is InChI=1S/C13H22N2OS/c1-2-11-3-5-13(16,6-4-11)9-14-7-12-8-17-10-15-12/h8,10-11,14,16H,2-7,9H2,1H3. The summed E-state index contributed by atoms with van der Waals surface area (Å²) in [5, 5.41) is 15.8. The van der Waals surface area contributed by atoms with E-state index in [9.17, 15) is 5.11 Å². The Labute approximate surface area is 107 Å². The molecule has 17 heavy (non-hydrogen) atoms. The molecule has 1 saturated carbocycles. The van der Waals surface area contributed by atoms with E-state index < -0.39 is 5.60 Å². The molecule has 1 aliphatic rings. The van der Waals surface area contributed by atoms with Crippen molar-refractivity contribution >= 4 is 11.3 Å². The first-order chi connectivity index (χ1) is 8.22. The van der Waals surface area contributed by atoms with E-state index in [1.165, 1.54) is 19.3 Å². The Hall–Kier alpha value is -0.450. The zero-order chi connectivity index (χ0) is 12.1. The lowest BCUT2D eigenvalue weighted by molar-refractivity contribution is -0.00885. The number of nitrogens with zero attached hydrogens (tertiary/aromatic N) is 1. The van der Waals surface area contributed by atoms with Gasteiger partial charge in [0.25, 0.3) is 0 Å². The van der Waals surface area contributed by atoms with Crippen LogP contribution < -0.4 is 5.32 Å². The van der Waals surface area contributed by atoms with E-state index in [1.807, 2.05) is 10.9 Å². The quantitative estimate of drug-likeness (QED) is 0.849. The smallest absolute Gasteiger partial charge is 0.0795 e. The molecule has 2 rings (SSSR count). The summed E-state index contributed by atoms with van der Waals surface area (Å²) >= 11 is 1.61. The van der Waals surface area contributed by atoms with Crippen LogP contribution in [0.4, 0.5) is 0 Å². The van der Waals surface area contributed by atoms with Gasteiger partial charge in [-0.15, -0.1) is 11.3 Å². The van der Waals surface area contributed by atoms with Gasteiger partial charge in [0.1, 0.15) is 0 Å². The number of thiazole rings is 1. The van der Waals surface area contributed by atoms with Gasteiger partial charge in [-0.3, -0.25) is 0 Å². The second kappa shape index (κ2) is 5.94. The van der Waals surface area contributed by atoms with Crippen molar-refractivity contribution in [2.75, 3.05) is 6.54 Å². The van der Waals surface area contributed by atoms with Gasteiger partial charge in [0.2, 0.25) is 0 Å². The third-order valence-electron chi connectivity index (χ3n) is 3.86. The van der Waals surface area contributed by atoms with Crippen LogP contribution in [0.3, 0.4) is 0 Å². The molecule has 1 heterocycles. The summed E-state index contributed by atoms with van der Waals surface area (Å²) in [4.78, 5) is 4.22. The lowest BCUT2D eigenvalue weighted by Gasteiger charge is -2.36. The maximum atomic E-state index is 10.4. The van der Waals surface area contributed by atoms with Crippen molar-refractivity contribution in [3.63, 3.8) is 0 Å². The molecular weight excluding hydrogens is 232 g/mol. The molecule has 1 aromatic rings. The highest BCUT2D eigenvalue weighted by atomic mass is 32.1. The predicted octanol–water partition coefficient (Wildman–Crippen LogP) is 2.56. The molecule has 96 valence electrons. The van der Waals surface area contributed by atoms with Crippen molar-refractivity contribution in [1.82, 2.24) is 10.3 Å². The molecule has 0 aliphatic heterocycles. The normalized spacial score (nSPS) is 29.4. The van der Waals surface area contributed by atoms with E-state index in [2.05, 4.69) is 17.2 Å². The molecule has 0 aromatic carbocycles. The summed E-state index contributed by atoms with van der Waals surface area (Å²) < 4.78 is 0. The van der Waals surface area contributed by atoms with E-state index in [0.29, 0.717) is 6.54 Å². The fraction of sp³-hybridized carbons (Fsp3) is 0.769. The highest BCUT2D eigenvalue weighted by molar-refractivity contribution is 7.07. The Kier molecular flexibility index (Phi) is 4.54. The van der Waals surface area contributed by atoms with Gasteiger partial charge in [0.15, 0.2) is 0 Å². The first-order valence-corrected chi connectivity index (χ1v) is 7.46. The van der Waals surface area contributed by atoms with E-state index in [1.54, 1.807) is 11.3 Å². The van der Waals surface area contributed by atoms with Crippen LogP contribution in [0.15, 0.2) is 10.9 Å². The van der Waals surface area contributed by atoms with Gasteiger partial charge in [-0.2, -0.15) is 0 Å². The largest absolute Gasteiger partial charge is 0.389 e. The molecule has 0 unspecified atom stereocenters. The van der Waals surface area contributed by atoms with Gasteiger partial charge >= 0.3 is 0 Å². The molecule has 0 bridgehead atoms. The first-order valence-electron chi connectivity index (χ1n) is 6.52. The molecule has 2 N–H and O–H groups in total. The first kappa shape index (κ1) is 13.0. The van der Waals surface area contributed by atoms with Crippen LogP contribution in [-0.4, -0.2) is 22.2 Å². The highest BCUT2D eigenvalue weighted by Gasteiger charge is 2.31. The lowest BCUT2D eigenvalue weighted by atomic mass is 9.78. The molecule has 3 nitrogen and oxygen atoms in total. The van der Waals surface area contributed by atoms with Crippen LogP contribution in [0.2, 0.25) is 0 Å². The van der Waals surface area contributed by atoms with Gasteiger partial charge in [-0.05, 0) is 31.6 Å². The summed E-state index contributed by atoms with van der Waals surface area (Å²) in [6.45, 7) is 3.71. The average molecular weight is 254 g/mol. The zero-order valence-electron chi connectivity index (χ0n) is 10.5. The monoisotopic (exact) mass is 254 g/mol. The molecule has 0 radical (unpaired) electrons. The Balaban J connectivity index is 1.71. The van der Waals surface area contributed by atoms with E-state index in [-0.39, 0.29) is 0 Å². The number of aromatic nitrogens is 1. The fourth-order valence-corrected chi connectivity index (χ4v) is 3.11. The third-order valence-corrected chi connectivity index (χ3v) is 4.49. The van der Waals surface area contributed by atoms with E-state index in [0.717, 1.165) is 31.0 Å². The van der Waals surface area contributed by atoms with Gasteiger partial charge in [0.05, 0.1) is 16.8 Å². The van der Waals surface area contributed by atoms with Crippen molar-refractivity contribution in [3.05, 3.63) is 16.6 Å². The van der Waals surface area contributed by atoms with Crippen molar-refractivity contribution in [2.45, 2.75) is 51.2 Å². The maximum absolute atomic E-state index is 10.4. The number of aliphatic hydroxyl groups is 1. The molecule has 1 aliphatic carbocycles. The minimum Gasteiger partial charge on any atom is -0.389 e. The summed E-state index contributed by atoms with van der Waals surface area (Å²) in [5.74, 6) is 0.828.